The third-order valence-corrected chi connectivity index (χ3v) is 5.86. The van der Waals surface area contributed by atoms with Crippen LogP contribution < -0.4 is 4.90 Å². The molecule has 0 atom stereocenters. The maximum absolute atomic E-state index is 9.12. The molecule has 0 unspecified atom stereocenters. The highest BCUT2D eigenvalue weighted by Gasteiger charge is 2.19. The Labute approximate surface area is 182 Å². The molecule has 2 aromatic heterocycles. The molecule has 0 aliphatic carbocycles. The van der Waals surface area contributed by atoms with Gasteiger partial charge in [0.25, 0.3) is 0 Å². The molecule has 1 saturated heterocycles. The molecule has 31 heavy (non-hydrogen) atoms. The molecule has 4 aromatic rings. The summed E-state index contributed by atoms with van der Waals surface area (Å²) in [6, 6.07) is 24.8. The number of aromatic nitrogens is 2. The third kappa shape index (κ3) is 4.11. The SMILES string of the molecule is N#Cc1cccc(CN2CCN(c3ccc4cccc(-c5ccncc5)c4n3)CC2)c1. The first kappa shape index (κ1) is 19.2. The van der Waals surface area contributed by atoms with Gasteiger partial charge >= 0.3 is 0 Å². The van der Waals surface area contributed by atoms with E-state index in [-0.39, 0.29) is 0 Å². The number of para-hydroxylation sites is 1. The van der Waals surface area contributed by atoms with Gasteiger partial charge in [-0.05, 0) is 47.5 Å². The average molecular weight is 406 g/mol. The highest BCUT2D eigenvalue weighted by atomic mass is 15.3. The monoisotopic (exact) mass is 405 g/mol. The van der Waals surface area contributed by atoms with Crippen LogP contribution in [-0.2, 0) is 6.54 Å². The summed E-state index contributed by atoms with van der Waals surface area (Å²) in [6.07, 6.45) is 3.65. The first-order chi connectivity index (χ1) is 15.3. The van der Waals surface area contributed by atoms with Gasteiger partial charge in [0.05, 0.1) is 17.1 Å². The quantitative estimate of drug-likeness (QED) is 0.501. The molecule has 3 heterocycles. The van der Waals surface area contributed by atoms with Crippen LogP contribution in [0.1, 0.15) is 11.1 Å². The fraction of sp³-hybridized carbons (Fsp3) is 0.192. The van der Waals surface area contributed by atoms with Gasteiger partial charge in [-0.2, -0.15) is 5.26 Å². The Hall–Kier alpha value is -3.75. The van der Waals surface area contributed by atoms with Crippen LogP contribution in [-0.4, -0.2) is 41.0 Å². The van der Waals surface area contributed by atoms with Crippen LogP contribution in [0.5, 0.6) is 0 Å². The highest BCUT2D eigenvalue weighted by molar-refractivity contribution is 5.94. The zero-order chi connectivity index (χ0) is 21.0. The summed E-state index contributed by atoms with van der Waals surface area (Å²) in [5.41, 5.74) is 5.22. The molecule has 0 spiro atoms. The van der Waals surface area contributed by atoms with Crippen LogP contribution in [0.4, 0.5) is 5.82 Å². The summed E-state index contributed by atoms with van der Waals surface area (Å²) in [4.78, 5) is 14.0. The van der Waals surface area contributed by atoms with Crippen LogP contribution in [0.3, 0.4) is 0 Å². The summed E-state index contributed by atoms with van der Waals surface area (Å²) < 4.78 is 0. The van der Waals surface area contributed by atoms with Gasteiger partial charge in [-0.3, -0.25) is 9.88 Å². The molecule has 0 radical (unpaired) electrons. The van der Waals surface area contributed by atoms with Gasteiger partial charge in [-0.15, -0.1) is 0 Å². The van der Waals surface area contributed by atoms with Crippen LogP contribution >= 0.6 is 0 Å². The van der Waals surface area contributed by atoms with E-state index in [1.165, 1.54) is 5.56 Å². The number of hydrogen-bond donors (Lipinski definition) is 0. The van der Waals surface area contributed by atoms with Crippen LogP contribution in [0.25, 0.3) is 22.0 Å². The maximum atomic E-state index is 9.12. The second-order valence-electron chi connectivity index (χ2n) is 7.86. The van der Waals surface area contributed by atoms with Gasteiger partial charge < -0.3 is 4.90 Å². The summed E-state index contributed by atoms with van der Waals surface area (Å²) in [5, 5.41) is 10.3. The second kappa shape index (κ2) is 8.55. The van der Waals surface area contributed by atoms with E-state index in [4.69, 9.17) is 10.2 Å². The van der Waals surface area contributed by atoms with E-state index in [2.05, 4.69) is 57.3 Å². The minimum Gasteiger partial charge on any atom is -0.354 e. The molecule has 2 aromatic carbocycles. The highest BCUT2D eigenvalue weighted by Crippen LogP contribution is 2.29. The second-order valence-corrected chi connectivity index (χ2v) is 7.86. The molecule has 0 N–H and O–H groups in total. The Morgan fingerprint density at radius 2 is 1.68 bits per heavy atom. The van der Waals surface area contributed by atoms with Crippen molar-refractivity contribution in [3.05, 3.63) is 90.3 Å². The minimum absolute atomic E-state index is 0.724. The zero-order valence-corrected chi connectivity index (χ0v) is 17.3. The number of piperazine rings is 1. The maximum Gasteiger partial charge on any atom is 0.129 e. The number of nitrogens with zero attached hydrogens (tertiary/aromatic N) is 5. The smallest absolute Gasteiger partial charge is 0.129 e. The Morgan fingerprint density at radius 3 is 2.48 bits per heavy atom. The van der Waals surface area contributed by atoms with Crippen molar-refractivity contribution in [2.45, 2.75) is 6.54 Å². The first-order valence-electron chi connectivity index (χ1n) is 10.6. The Morgan fingerprint density at radius 1 is 0.871 bits per heavy atom. The van der Waals surface area contributed by atoms with E-state index < -0.39 is 0 Å². The van der Waals surface area contributed by atoms with Gasteiger partial charge in [-0.1, -0.05) is 30.3 Å². The molecule has 0 bridgehead atoms. The fourth-order valence-corrected chi connectivity index (χ4v) is 4.21. The number of pyridine rings is 2. The van der Waals surface area contributed by atoms with E-state index >= 15 is 0 Å². The number of fused-ring (bicyclic) bond motifs is 1. The lowest BCUT2D eigenvalue weighted by atomic mass is 10.0. The molecule has 152 valence electrons. The van der Waals surface area contributed by atoms with Crippen molar-refractivity contribution in [3.63, 3.8) is 0 Å². The van der Waals surface area contributed by atoms with Gasteiger partial charge in [0.15, 0.2) is 0 Å². The molecule has 1 fully saturated rings. The summed E-state index contributed by atoms with van der Waals surface area (Å²) >= 11 is 0. The van der Waals surface area contributed by atoms with Gasteiger partial charge in [0.1, 0.15) is 5.82 Å². The molecular formula is C26H23N5. The van der Waals surface area contributed by atoms with E-state index in [9.17, 15) is 0 Å². The minimum atomic E-state index is 0.724. The van der Waals surface area contributed by atoms with E-state index in [0.29, 0.717) is 0 Å². The van der Waals surface area contributed by atoms with Crippen molar-refractivity contribution >= 4 is 16.7 Å². The molecule has 0 saturated carbocycles. The molecule has 5 heteroatoms. The molecule has 1 aliphatic heterocycles. The number of anilines is 1. The summed E-state index contributed by atoms with van der Waals surface area (Å²) in [5.74, 6) is 1.03. The number of nitriles is 1. The molecule has 5 rings (SSSR count). The largest absolute Gasteiger partial charge is 0.354 e. The topological polar surface area (TPSA) is 56.1 Å². The predicted molar refractivity (Wildman–Crippen MR) is 124 cm³/mol. The van der Waals surface area contributed by atoms with Gasteiger partial charge in [-0.25, -0.2) is 4.98 Å². The summed E-state index contributed by atoms with van der Waals surface area (Å²) in [6.45, 7) is 4.70. The van der Waals surface area contributed by atoms with E-state index in [1.807, 2.05) is 42.7 Å². The first-order valence-corrected chi connectivity index (χ1v) is 10.6. The molecular weight excluding hydrogens is 382 g/mol. The normalized spacial score (nSPS) is 14.5. The van der Waals surface area contributed by atoms with E-state index in [0.717, 1.165) is 66.1 Å². The third-order valence-electron chi connectivity index (χ3n) is 5.86. The molecule has 1 aliphatic rings. The lowest BCUT2D eigenvalue weighted by molar-refractivity contribution is 0.249. The van der Waals surface area contributed by atoms with Gasteiger partial charge in [0.2, 0.25) is 0 Å². The standard InChI is InChI=1S/C26H23N5/c27-18-20-3-1-4-21(17-20)19-30-13-15-31(16-14-30)25-8-7-23-5-2-6-24(26(23)29-25)22-9-11-28-12-10-22/h1-12,17H,13-16,19H2. The Bertz CT molecular complexity index is 1240. The van der Waals surface area contributed by atoms with Gasteiger partial charge in [0, 0.05) is 56.1 Å². The van der Waals surface area contributed by atoms with Crippen LogP contribution in [0, 0.1) is 11.3 Å². The van der Waals surface area contributed by atoms with Crippen molar-refractivity contribution in [2.24, 2.45) is 0 Å². The van der Waals surface area contributed by atoms with Crippen molar-refractivity contribution in [1.29, 1.82) is 5.26 Å². The number of rotatable bonds is 4. The Balaban J connectivity index is 1.33. The van der Waals surface area contributed by atoms with Crippen molar-refractivity contribution in [1.82, 2.24) is 14.9 Å². The van der Waals surface area contributed by atoms with Crippen molar-refractivity contribution in [2.75, 3.05) is 31.1 Å². The van der Waals surface area contributed by atoms with Crippen molar-refractivity contribution < 1.29 is 0 Å². The predicted octanol–water partition coefficient (Wildman–Crippen LogP) is 4.49. The average Bonchev–Trinajstić information content (AvgIpc) is 2.84. The van der Waals surface area contributed by atoms with Crippen LogP contribution in [0.15, 0.2) is 79.1 Å². The lowest BCUT2D eigenvalue weighted by Crippen LogP contribution is -2.46. The van der Waals surface area contributed by atoms with Crippen molar-refractivity contribution in [3.8, 4) is 17.2 Å². The van der Waals surface area contributed by atoms with Crippen LogP contribution in [0.2, 0.25) is 0 Å². The molecule has 0 amide bonds. The fourth-order valence-electron chi connectivity index (χ4n) is 4.21. The summed E-state index contributed by atoms with van der Waals surface area (Å²) in [7, 11) is 0. The Kier molecular flexibility index (Phi) is 5.30. The van der Waals surface area contributed by atoms with E-state index in [1.54, 1.807) is 0 Å². The lowest BCUT2D eigenvalue weighted by Gasteiger charge is -2.35. The zero-order valence-electron chi connectivity index (χ0n) is 17.3. The number of hydrogen-bond acceptors (Lipinski definition) is 5. The molecule has 5 nitrogen and oxygen atoms in total. The number of benzene rings is 2.